The van der Waals surface area contributed by atoms with Crippen LogP contribution in [0, 0.1) is 0 Å². The first-order chi connectivity index (χ1) is 6.63. The third kappa shape index (κ3) is 3.10. The maximum Gasteiger partial charge on any atom is 0.249 e. The lowest BCUT2D eigenvalue weighted by Gasteiger charge is -2.12. The topological polar surface area (TPSA) is 66.6 Å². The summed E-state index contributed by atoms with van der Waals surface area (Å²) in [5, 5.41) is 10.5. The summed E-state index contributed by atoms with van der Waals surface area (Å²) in [6, 6.07) is 1.79. The van der Waals surface area contributed by atoms with Gasteiger partial charge in [0.1, 0.15) is 0 Å². The molecule has 78 valence electrons. The minimum Gasteiger partial charge on any atom is -0.395 e. The summed E-state index contributed by atoms with van der Waals surface area (Å²) in [6.45, 7) is 1.51. The van der Waals surface area contributed by atoms with Crippen LogP contribution in [0.4, 0.5) is 0 Å². The molecule has 1 amide bonds. The molecule has 14 heavy (non-hydrogen) atoms. The number of aliphatic hydroxyl groups excluding tert-OH is 1. The number of carbonyl (C=O) groups excluding carboxylic acids is 1. The minimum atomic E-state index is -0.391. The number of hydrogen-bond acceptors (Lipinski definition) is 4. The van der Waals surface area contributed by atoms with E-state index in [1.54, 1.807) is 11.4 Å². The first kappa shape index (κ1) is 11.2. The molecule has 5 heteroatoms. The predicted molar refractivity (Wildman–Crippen MR) is 56.3 cm³/mol. The Morgan fingerprint density at radius 2 is 2.43 bits per heavy atom. The molecule has 0 radical (unpaired) electrons. The molecule has 1 aromatic rings. The normalized spacial score (nSPS) is 10.8. The second-order valence-electron chi connectivity index (χ2n) is 3.13. The Kier molecular flexibility index (Phi) is 4.06. The lowest BCUT2D eigenvalue weighted by atomic mass is 10.3. The van der Waals surface area contributed by atoms with Crippen molar-refractivity contribution >= 4 is 17.2 Å². The van der Waals surface area contributed by atoms with Crippen LogP contribution in [-0.4, -0.2) is 36.1 Å². The van der Waals surface area contributed by atoms with Gasteiger partial charge in [0.15, 0.2) is 0 Å². The van der Waals surface area contributed by atoms with Crippen molar-refractivity contribution in [2.24, 2.45) is 5.73 Å². The van der Waals surface area contributed by atoms with Crippen LogP contribution in [0.3, 0.4) is 0 Å². The number of amides is 1. The molecule has 0 spiro atoms. The van der Waals surface area contributed by atoms with Crippen molar-refractivity contribution < 1.29 is 9.90 Å². The second-order valence-corrected chi connectivity index (χ2v) is 4.12. The molecule has 1 rings (SSSR count). The first-order valence-corrected chi connectivity index (χ1v) is 5.18. The summed E-state index contributed by atoms with van der Waals surface area (Å²) in [7, 11) is 1.92. The van der Waals surface area contributed by atoms with E-state index < -0.39 is 5.91 Å². The van der Waals surface area contributed by atoms with Gasteiger partial charge in [-0.2, -0.15) is 0 Å². The van der Waals surface area contributed by atoms with Crippen molar-refractivity contribution in [3.05, 3.63) is 21.9 Å². The fourth-order valence-corrected chi connectivity index (χ4v) is 2.06. The highest BCUT2D eigenvalue weighted by Gasteiger charge is 2.06. The number of rotatable bonds is 5. The van der Waals surface area contributed by atoms with Crippen molar-refractivity contribution in [3.8, 4) is 0 Å². The van der Waals surface area contributed by atoms with E-state index in [1.165, 1.54) is 11.3 Å². The monoisotopic (exact) mass is 214 g/mol. The maximum absolute atomic E-state index is 10.8. The molecule has 0 saturated carbocycles. The lowest BCUT2D eigenvalue weighted by molar-refractivity contribution is 0.100. The smallest absolute Gasteiger partial charge is 0.249 e. The summed E-state index contributed by atoms with van der Waals surface area (Å²) in [5.74, 6) is -0.391. The van der Waals surface area contributed by atoms with E-state index in [1.807, 2.05) is 11.9 Å². The Labute approximate surface area is 87.0 Å². The number of primary amides is 1. The molecule has 0 aromatic carbocycles. The van der Waals surface area contributed by atoms with Crippen LogP contribution in [-0.2, 0) is 6.54 Å². The number of hydrogen-bond donors (Lipinski definition) is 2. The van der Waals surface area contributed by atoms with Crippen LogP contribution < -0.4 is 5.73 Å². The highest BCUT2D eigenvalue weighted by molar-refractivity contribution is 7.10. The summed E-state index contributed by atoms with van der Waals surface area (Å²) in [6.07, 6.45) is 0. The van der Waals surface area contributed by atoms with E-state index in [-0.39, 0.29) is 6.61 Å². The molecule has 0 unspecified atom stereocenters. The van der Waals surface area contributed by atoms with Crippen LogP contribution >= 0.6 is 11.3 Å². The fourth-order valence-electron chi connectivity index (χ4n) is 1.11. The molecule has 0 atom stereocenters. The minimum absolute atomic E-state index is 0.143. The Balaban J connectivity index is 2.55. The average molecular weight is 214 g/mol. The highest BCUT2D eigenvalue weighted by atomic mass is 32.1. The van der Waals surface area contributed by atoms with E-state index in [4.69, 9.17) is 10.8 Å². The van der Waals surface area contributed by atoms with E-state index in [2.05, 4.69) is 0 Å². The summed E-state index contributed by atoms with van der Waals surface area (Å²) < 4.78 is 0. The fraction of sp³-hybridized carbons (Fsp3) is 0.444. The van der Waals surface area contributed by atoms with E-state index in [9.17, 15) is 4.79 Å². The third-order valence-corrected chi connectivity index (χ3v) is 2.77. The van der Waals surface area contributed by atoms with Gasteiger partial charge in [0.2, 0.25) is 5.91 Å². The van der Waals surface area contributed by atoms with Gasteiger partial charge in [-0.15, -0.1) is 11.3 Å². The van der Waals surface area contributed by atoms with E-state index in [0.717, 1.165) is 11.4 Å². The summed E-state index contributed by atoms with van der Waals surface area (Å²) >= 11 is 1.51. The summed E-state index contributed by atoms with van der Waals surface area (Å²) in [4.78, 5) is 13.9. The van der Waals surface area contributed by atoms with Crippen LogP contribution in [0.1, 0.15) is 15.2 Å². The molecule has 0 aliphatic heterocycles. The number of likely N-dealkylation sites (N-methyl/N-ethyl adjacent to an activating group) is 1. The number of carbonyl (C=O) groups is 1. The molecular formula is C9H14N2O2S. The van der Waals surface area contributed by atoms with Crippen molar-refractivity contribution in [3.63, 3.8) is 0 Å². The molecular weight excluding hydrogens is 200 g/mol. The third-order valence-electron chi connectivity index (χ3n) is 1.85. The van der Waals surface area contributed by atoms with E-state index in [0.29, 0.717) is 12.1 Å². The Hall–Kier alpha value is -0.910. The summed E-state index contributed by atoms with van der Waals surface area (Å²) in [5.41, 5.74) is 5.69. The van der Waals surface area contributed by atoms with Crippen molar-refractivity contribution in [1.29, 1.82) is 0 Å². The molecule has 3 N–H and O–H groups in total. The SMILES string of the molecule is CN(CCO)Cc1cc(C(N)=O)cs1. The van der Waals surface area contributed by atoms with E-state index >= 15 is 0 Å². The largest absolute Gasteiger partial charge is 0.395 e. The van der Waals surface area contributed by atoms with Gasteiger partial charge in [-0.05, 0) is 13.1 Å². The molecule has 4 nitrogen and oxygen atoms in total. The van der Waals surface area contributed by atoms with Crippen molar-refractivity contribution in [2.45, 2.75) is 6.54 Å². The van der Waals surface area contributed by atoms with Gasteiger partial charge in [-0.3, -0.25) is 9.69 Å². The van der Waals surface area contributed by atoms with Crippen LogP contribution in [0.25, 0.3) is 0 Å². The maximum atomic E-state index is 10.8. The first-order valence-electron chi connectivity index (χ1n) is 4.30. The van der Waals surface area contributed by atoms with Gasteiger partial charge < -0.3 is 10.8 Å². The van der Waals surface area contributed by atoms with Crippen LogP contribution in [0.2, 0.25) is 0 Å². The lowest BCUT2D eigenvalue weighted by Crippen LogP contribution is -2.20. The molecule has 1 heterocycles. The van der Waals surface area contributed by atoms with Crippen molar-refractivity contribution in [1.82, 2.24) is 4.90 Å². The zero-order valence-corrected chi connectivity index (χ0v) is 8.88. The standard InChI is InChI=1S/C9H14N2O2S/c1-11(2-3-12)5-8-4-7(6-14-8)9(10)13/h4,6,12H,2-3,5H2,1H3,(H2,10,13). The molecule has 0 bridgehead atoms. The zero-order valence-electron chi connectivity index (χ0n) is 8.06. The number of nitrogens with zero attached hydrogens (tertiary/aromatic N) is 1. The molecule has 0 fully saturated rings. The van der Waals surface area contributed by atoms with Crippen molar-refractivity contribution in [2.75, 3.05) is 20.2 Å². The van der Waals surface area contributed by atoms with Gasteiger partial charge >= 0.3 is 0 Å². The van der Waals surface area contributed by atoms with Gasteiger partial charge in [0.25, 0.3) is 0 Å². The second kappa shape index (κ2) is 5.09. The Morgan fingerprint density at radius 1 is 1.71 bits per heavy atom. The number of nitrogens with two attached hydrogens (primary N) is 1. The van der Waals surface area contributed by atoms with Gasteiger partial charge in [-0.25, -0.2) is 0 Å². The molecule has 0 aliphatic carbocycles. The van der Waals surface area contributed by atoms with Gasteiger partial charge in [0, 0.05) is 23.3 Å². The zero-order chi connectivity index (χ0) is 10.6. The van der Waals surface area contributed by atoms with Gasteiger partial charge in [0.05, 0.1) is 12.2 Å². The van der Waals surface area contributed by atoms with Crippen LogP contribution in [0.15, 0.2) is 11.4 Å². The molecule has 0 aliphatic rings. The highest BCUT2D eigenvalue weighted by Crippen LogP contribution is 2.15. The number of thiophene rings is 1. The molecule has 1 aromatic heterocycles. The average Bonchev–Trinajstić information content (AvgIpc) is 2.53. The quantitative estimate of drug-likeness (QED) is 0.739. The number of aliphatic hydroxyl groups is 1. The Morgan fingerprint density at radius 3 is 2.93 bits per heavy atom. The molecule has 0 saturated heterocycles. The van der Waals surface area contributed by atoms with Crippen LogP contribution in [0.5, 0.6) is 0 Å². The van der Waals surface area contributed by atoms with Gasteiger partial charge in [-0.1, -0.05) is 0 Å². The predicted octanol–water partition coefficient (Wildman–Crippen LogP) is 0.271. The Bertz CT molecular complexity index is 312.